The lowest BCUT2D eigenvalue weighted by molar-refractivity contribution is -0.125. The molecule has 0 radical (unpaired) electrons. The number of carbonyl (C=O) groups is 3. The van der Waals surface area contributed by atoms with Crippen molar-refractivity contribution >= 4 is 17.7 Å². The summed E-state index contributed by atoms with van der Waals surface area (Å²) in [5, 5.41) is 2.95. The quantitative estimate of drug-likeness (QED) is 0.627. The Hall–Kier alpha value is -2.89. The molecule has 1 unspecified atom stereocenters. The summed E-state index contributed by atoms with van der Waals surface area (Å²) in [6.45, 7) is 4.52. The molecule has 0 aliphatic heterocycles. The van der Waals surface area contributed by atoms with Crippen LogP contribution < -0.4 is 5.32 Å². The lowest BCUT2D eigenvalue weighted by Gasteiger charge is -2.26. The van der Waals surface area contributed by atoms with Gasteiger partial charge >= 0.3 is 5.97 Å². The predicted octanol–water partition coefficient (Wildman–Crippen LogP) is 3.18. The number of hydrogen-bond donors (Lipinski definition) is 2. The first-order chi connectivity index (χ1) is 12.9. The monoisotopic (exact) mass is 368 g/mol. The van der Waals surface area contributed by atoms with Crippen molar-refractivity contribution in [3.63, 3.8) is 0 Å². The van der Waals surface area contributed by atoms with E-state index in [-0.39, 0.29) is 30.0 Å². The van der Waals surface area contributed by atoms with Gasteiger partial charge in [0.1, 0.15) is 5.69 Å². The highest BCUT2D eigenvalue weighted by molar-refractivity contribution is 6.01. The van der Waals surface area contributed by atoms with Gasteiger partial charge < -0.3 is 15.0 Å². The Morgan fingerprint density at radius 1 is 1.22 bits per heavy atom. The van der Waals surface area contributed by atoms with Crippen LogP contribution in [0.1, 0.15) is 69.0 Å². The van der Waals surface area contributed by atoms with Crippen LogP contribution in [0.3, 0.4) is 0 Å². The van der Waals surface area contributed by atoms with Crippen molar-refractivity contribution in [2.75, 3.05) is 6.61 Å². The summed E-state index contributed by atoms with van der Waals surface area (Å²) in [7, 11) is 0. The van der Waals surface area contributed by atoms with Gasteiger partial charge in [-0.3, -0.25) is 9.59 Å². The Balaban J connectivity index is 1.61. The maximum absolute atomic E-state index is 12.3. The fourth-order valence-electron chi connectivity index (χ4n) is 3.83. The predicted molar refractivity (Wildman–Crippen MR) is 101 cm³/mol. The van der Waals surface area contributed by atoms with Crippen molar-refractivity contribution in [3.05, 3.63) is 57.9 Å². The fourth-order valence-corrected chi connectivity index (χ4v) is 3.83. The Kier molecular flexibility index (Phi) is 5.44. The third-order valence-corrected chi connectivity index (χ3v) is 5.03. The van der Waals surface area contributed by atoms with Crippen LogP contribution in [0.2, 0.25) is 0 Å². The molecule has 2 N–H and O–H groups in total. The van der Waals surface area contributed by atoms with Gasteiger partial charge in [0.05, 0.1) is 6.04 Å². The minimum Gasteiger partial charge on any atom is -0.451 e. The molecule has 1 aromatic carbocycles. The van der Waals surface area contributed by atoms with Crippen LogP contribution >= 0.6 is 0 Å². The van der Waals surface area contributed by atoms with Gasteiger partial charge in [0.25, 0.3) is 5.91 Å². The van der Waals surface area contributed by atoms with E-state index >= 15 is 0 Å². The molecule has 1 aromatic heterocycles. The Bertz CT molecular complexity index is 898. The molecule has 1 heterocycles. The molecule has 142 valence electrons. The number of H-pyrrole nitrogens is 1. The lowest BCUT2D eigenvalue weighted by Crippen LogP contribution is -2.34. The number of hydrogen-bond acceptors (Lipinski definition) is 4. The van der Waals surface area contributed by atoms with E-state index in [1.54, 1.807) is 13.8 Å². The number of aryl methyl sites for hydroxylation is 2. The first kappa shape index (κ1) is 18.9. The van der Waals surface area contributed by atoms with Gasteiger partial charge in [0.2, 0.25) is 0 Å². The van der Waals surface area contributed by atoms with E-state index in [9.17, 15) is 14.4 Å². The average Bonchev–Trinajstić information content (AvgIpc) is 2.94. The second kappa shape index (κ2) is 7.78. The van der Waals surface area contributed by atoms with Gasteiger partial charge in [-0.1, -0.05) is 24.3 Å². The van der Waals surface area contributed by atoms with Gasteiger partial charge in [-0.25, -0.2) is 4.79 Å². The van der Waals surface area contributed by atoms with Crippen molar-refractivity contribution in [1.82, 2.24) is 10.3 Å². The summed E-state index contributed by atoms with van der Waals surface area (Å²) in [6.07, 6.45) is 2.89. The molecule has 1 atom stereocenters. The number of nitrogens with one attached hydrogen (secondary N) is 2. The summed E-state index contributed by atoms with van der Waals surface area (Å²) < 4.78 is 5.15. The highest BCUT2D eigenvalue weighted by Crippen LogP contribution is 2.29. The third kappa shape index (κ3) is 3.94. The fraction of sp³-hybridized carbons (Fsp3) is 0.381. The van der Waals surface area contributed by atoms with Gasteiger partial charge in [0, 0.05) is 11.3 Å². The maximum atomic E-state index is 12.3. The molecule has 27 heavy (non-hydrogen) atoms. The second-order valence-corrected chi connectivity index (χ2v) is 6.97. The molecule has 2 aromatic rings. The minimum atomic E-state index is -0.637. The van der Waals surface area contributed by atoms with Crippen LogP contribution in [0, 0.1) is 13.8 Å². The number of ketones is 1. The maximum Gasteiger partial charge on any atom is 0.355 e. The number of benzene rings is 1. The van der Waals surface area contributed by atoms with Gasteiger partial charge in [0.15, 0.2) is 12.4 Å². The second-order valence-electron chi connectivity index (χ2n) is 6.97. The molecule has 0 spiro atoms. The van der Waals surface area contributed by atoms with Crippen LogP contribution in [0.15, 0.2) is 24.3 Å². The first-order valence-electron chi connectivity index (χ1n) is 9.13. The molecule has 1 aliphatic carbocycles. The number of amides is 1. The van der Waals surface area contributed by atoms with Crippen LogP contribution in [-0.4, -0.2) is 29.3 Å². The van der Waals surface area contributed by atoms with Crippen LogP contribution in [0.5, 0.6) is 0 Å². The third-order valence-electron chi connectivity index (χ3n) is 5.03. The largest absolute Gasteiger partial charge is 0.451 e. The molecule has 6 nitrogen and oxygen atoms in total. The average molecular weight is 368 g/mol. The zero-order chi connectivity index (χ0) is 19.6. The topological polar surface area (TPSA) is 88.3 Å². The molecule has 0 saturated carbocycles. The van der Waals surface area contributed by atoms with Crippen LogP contribution in [0.25, 0.3) is 0 Å². The van der Waals surface area contributed by atoms with Gasteiger partial charge in [-0.05, 0) is 56.7 Å². The van der Waals surface area contributed by atoms with Crippen LogP contribution in [-0.2, 0) is 16.0 Å². The van der Waals surface area contributed by atoms with Gasteiger partial charge in [-0.15, -0.1) is 0 Å². The zero-order valence-electron chi connectivity index (χ0n) is 15.8. The Labute approximate surface area is 158 Å². The van der Waals surface area contributed by atoms with Crippen LogP contribution in [0.4, 0.5) is 0 Å². The molecular weight excluding hydrogens is 344 g/mol. The standard InChI is InChI=1S/C21H24N2O4/c1-12-19(14(3)24)13(2)22-20(12)21(26)27-11-18(25)23-17-10-6-8-15-7-4-5-9-16(15)17/h4-5,7,9,17,22H,6,8,10-11H2,1-3H3,(H,23,25). The zero-order valence-corrected chi connectivity index (χ0v) is 15.8. The smallest absolute Gasteiger partial charge is 0.355 e. The normalized spacial score (nSPS) is 15.7. The summed E-state index contributed by atoms with van der Waals surface area (Å²) in [5.41, 5.74) is 4.26. The van der Waals surface area contributed by atoms with E-state index < -0.39 is 5.97 Å². The van der Waals surface area contributed by atoms with Gasteiger partial charge in [-0.2, -0.15) is 0 Å². The molecule has 6 heteroatoms. The number of aromatic amines is 1. The number of aromatic nitrogens is 1. The van der Waals surface area contributed by atoms with Crippen molar-refractivity contribution in [2.45, 2.75) is 46.1 Å². The van der Waals surface area contributed by atoms with E-state index in [4.69, 9.17) is 4.74 Å². The minimum absolute atomic E-state index is 0.0556. The summed E-state index contributed by atoms with van der Waals surface area (Å²) in [4.78, 5) is 39.1. The highest BCUT2D eigenvalue weighted by Gasteiger charge is 2.24. The summed E-state index contributed by atoms with van der Waals surface area (Å²) >= 11 is 0. The molecule has 0 fully saturated rings. The number of carbonyl (C=O) groups excluding carboxylic acids is 3. The van der Waals surface area contributed by atoms with E-state index in [1.807, 2.05) is 18.2 Å². The molecule has 3 rings (SSSR count). The van der Waals surface area contributed by atoms with Crippen molar-refractivity contribution in [1.29, 1.82) is 0 Å². The highest BCUT2D eigenvalue weighted by atomic mass is 16.5. The SMILES string of the molecule is CC(=O)c1c(C)[nH]c(C(=O)OCC(=O)NC2CCCc3ccccc32)c1C. The number of fused-ring (bicyclic) bond motifs is 1. The number of rotatable bonds is 5. The molecule has 1 aliphatic rings. The van der Waals surface area contributed by atoms with E-state index in [0.29, 0.717) is 16.8 Å². The summed E-state index contributed by atoms with van der Waals surface area (Å²) in [5.74, 6) is -1.09. The molecule has 0 bridgehead atoms. The van der Waals surface area contributed by atoms with Crippen molar-refractivity contribution in [3.8, 4) is 0 Å². The Morgan fingerprint density at radius 3 is 2.67 bits per heavy atom. The number of Topliss-reactive ketones (excluding diaryl/α,β-unsaturated/α-hetero) is 1. The lowest BCUT2D eigenvalue weighted by atomic mass is 9.88. The van der Waals surface area contributed by atoms with Crippen molar-refractivity contribution in [2.24, 2.45) is 0 Å². The molecule has 1 amide bonds. The Morgan fingerprint density at radius 2 is 1.96 bits per heavy atom. The first-order valence-corrected chi connectivity index (χ1v) is 9.13. The van der Waals surface area contributed by atoms with Crippen molar-refractivity contribution < 1.29 is 19.1 Å². The van der Waals surface area contributed by atoms with E-state index in [1.165, 1.54) is 12.5 Å². The van der Waals surface area contributed by atoms with E-state index in [2.05, 4.69) is 16.4 Å². The number of ether oxygens (including phenoxy) is 1. The summed E-state index contributed by atoms with van der Waals surface area (Å²) in [6, 6.07) is 8.02. The number of esters is 1. The molecular formula is C21H24N2O4. The van der Waals surface area contributed by atoms with E-state index in [0.717, 1.165) is 24.8 Å². The molecule has 0 saturated heterocycles.